The van der Waals surface area contributed by atoms with Gasteiger partial charge in [-0.05, 0) is 56.3 Å². The summed E-state index contributed by atoms with van der Waals surface area (Å²) in [5.74, 6) is 1.68. The maximum absolute atomic E-state index is 5.86. The Morgan fingerprint density at radius 2 is 2.00 bits per heavy atom. The number of epoxide rings is 1. The second-order valence-corrected chi connectivity index (χ2v) is 7.06. The third-order valence-electron chi connectivity index (χ3n) is 5.47. The first-order chi connectivity index (χ1) is 7.42. The number of fused-ring (bicyclic) bond motifs is 2. The quantitative estimate of drug-likeness (QED) is 0.445. The lowest BCUT2D eigenvalue weighted by molar-refractivity contribution is -0.00211. The molecule has 0 aromatic carbocycles. The molecule has 0 aromatic heterocycles. The summed E-state index contributed by atoms with van der Waals surface area (Å²) in [4.78, 5) is 0. The van der Waals surface area contributed by atoms with Crippen molar-refractivity contribution >= 4 is 0 Å². The third-order valence-corrected chi connectivity index (χ3v) is 5.47. The van der Waals surface area contributed by atoms with E-state index < -0.39 is 0 Å². The van der Waals surface area contributed by atoms with Crippen molar-refractivity contribution in [2.24, 2.45) is 17.3 Å². The van der Waals surface area contributed by atoms with E-state index in [1.54, 1.807) is 0 Å². The summed E-state index contributed by atoms with van der Waals surface area (Å²) in [6.45, 7) is 11.5. The molecule has 0 amide bonds. The fraction of sp³-hybridized carbons (Fsp3) is 0.867. The van der Waals surface area contributed by atoms with E-state index in [2.05, 4.69) is 27.4 Å². The van der Waals surface area contributed by atoms with Crippen LogP contribution in [0.4, 0.5) is 0 Å². The average molecular weight is 220 g/mol. The Morgan fingerprint density at radius 1 is 1.25 bits per heavy atom. The van der Waals surface area contributed by atoms with E-state index >= 15 is 0 Å². The lowest BCUT2D eigenvalue weighted by atomic mass is 9.52. The van der Waals surface area contributed by atoms with Gasteiger partial charge in [0.15, 0.2) is 0 Å². The molecular formula is C15H24O. The molecule has 3 rings (SSSR count). The van der Waals surface area contributed by atoms with Crippen LogP contribution in [0.2, 0.25) is 0 Å². The number of hydrogen-bond acceptors (Lipinski definition) is 1. The highest BCUT2D eigenvalue weighted by Crippen LogP contribution is 2.59. The summed E-state index contributed by atoms with van der Waals surface area (Å²) in [6, 6.07) is 0. The topological polar surface area (TPSA) is 12.5 Å². The summed E-state index contributed by atoms with van der Waals surface area (Å²) in [7, 11) is 0. The summed E-state index contributed by atoms with van der Waals surface area (Å²) in [6.07, 6.45) is 6.89. The molecule has 4 atom stereocenters. The number of hydrogen-bond donors (Lipinski definition) is 0. The van der Waals surface area contributed by atoms with E-state index in [1.807, 2.05) is 0 Å². The lowest BCUT2D eigenvalue weighted by Gasteiger charge is -2.53. The van der Waals surface area contributed by atoms with E-state index in [4.69, 9.17) is 4.74 Å². The summed E-state index contributed by atoms with van der Waals surface area (Å²) in [5, 5.41) is 0. The molecule has 0 bridgehead atoms. The number of rotatable bonds is 0. The van der Waals surface area contributed by atoms with Crippen LogP contribution in [-0.4, -0.2) is 11.7 Å². The minimum absolute atomic E-state index is 0.223. The molecular weight excluding hydrogens is 196 g/mol. The minimum Gasteiger partial charge on any atom is -0.366 e. The van der Waals surface area contributed by atoms with E-state index in [1.165, 1.54) is 37.7 Å². The van der Waals surface area contributed by atoms with Crippen molar-refractivity contribution in [1.29, 1.82) is 0 Å². The maximum Gasteiger partial charge on any atom is 0.0920 e. The Balaban J connectivity index is 1.78. The summed E-state index contributed by atoms with van der Waals surface area (Å²) < 4.78 is 5.86. The smallest absolute Gasteiger partial charge is 0.0920 e. The first-order valence-electron chi connectivity index (χ1n) is 6.78. The lowest BCUT2D eigenvalue weighted by Crippen LogP contribution is -2.44. The second kappa shape index (κ2) is 3.13. The van der Waals surface area contributed by atoms with Gasteiger partial charge in [0.2, 0.25) is 0 Å². The first kappa shape index (κ1) is 10.8. The van der Waals surface area contributed by atoms with Crippen LogP contribution in [0.1, 0.15) is 52.9 Å². The van der Waals surface area contributed by atoms with Gasteiger partial charge in [0.1, 0.15) is 0 Å². The van der Waals surface area contributed by atoms with Gasteiger partial charge in [0, 0.05) is 0 Å². The zero-order valence-electron chi connectivity index (χ0n) is 10.9. The number of ether oxygens (including phenoxy) is 1. The first-order valence-corrected chi connectivity index (χ1v) is 6.78. The normalized spacial score (nSPS) is 50.2. The largest absolute Gasteiger partial charge is 0.366 e. The Kier molecular flexibility index (Phi) is 2.12. The highest BCUT2D eigenvalue weighted by molar-refractivity contribution is 5.16. The molecule has 2 saturated carbocycles. The van der Waals surface area contributed by atoms with Gasteiger partial charge < -0.3 is 4.74 Å². The van der Waals surface area contributed by atoms with Gasteiger partial charge in [-0.3, -0.25) is 0 Å². The van der Waals surface area contributed by atoms with Gasteiger partial charge >= 0.3 is 0 Å². The van der Waals surface area contributed by atoms with Crippen molar-refractivity contribution in [3.8, 4) is 0 Å². The molecule has 3 aliphatic rings. The highest BCUT2D eigenvalue weighted by Gasteiger charge is 2.55. The predicted octanol–water partition coefficient (Wildman–Crippen LogP) is 3.94. The zero-order valence-corrected chi connectivity index (χ0v) is 10.9. The molecule has 16 heavy (non-hydrogen) atoms. The van der Waals surface area contributed by atoms with Crippen molar-refractivity contribution in [2.45, 2.75) is 64.6 Å². The molecule has 0 unspecified atom stereocenters. The molecule has 3 fully saturated rings. The molecule has 90 valence electrons. The van der Waals surface area contributed by atoms with Crippen molar-refractivity contribution in [2.75, 3.05) is 0 Å². The van der Waals surface area contributed by atoms with Crippen LogP contribution in [0.3, 0.4) is 0 Å². The Hall–Kier alpha value is -0.300. The fourth-order valence-electron chi connectivity index (χ4n) is 4.08. The van der Waals surface area contributed by atoms with Crippen molar-refractivity contribution in [3.05, 3.63) is 12.2 Å². The van der Waals surface area contributed by atoms with Crippen LogP contribution < -0.4 is 0 Å². The monoisotopic (exact) mass is 220 g/mol. The van der Waals surface area contributed by atoms with Crippen LogP contribution >= 0.6 is 0 Å². The van der Waals surface area contributed by atoms with E-state index in [-0.39, 0.29) is 5.60 Å². The molecule has 1 heteroatoms. The summed E-state index contributed by atoms with van der Waals surface area (Å²) in [5.41, 5.74) is 2.27. The number of allylic oxidation sites excluding steroid dienone is 1. The van der Waals surface area contributed by atoms with E-state index in [9.17, 15) is 0 Å². The Morgan fingerprint density at radius 3 is 2.69 bits per heavy atom. The van der Waals surface area contributed by atoms with Crippen LogP contribution in [0.15, 0.2) is 12.2 Å². The Labute approximate surface area is 99.3 Å². The second-order valence-electron chi connectivity index (χ2n) is 7.06. The standard InChI is InChI=1S/C15H24O/c1-10-5-6-13-15(4,16-13)8-7-12-11(10)9-14(12,2)3/h11-13H,1,5-9H2,2-4H3/t11-,12+,13-,15-/m0/s1. The van der Waals surface area contributed by atoms with Gasteiger partial charge in [0.05, 0.1) is 11.7 Å². The average Bonchev–Trinajstić information content (AvgIpc) is 2.82. The Bertz CT molecular complexity index is 330. The van der Waals surface area contributed by atoms with Gasteiger partial charge in [-0.1, -0.05) is 26.0 Å². The van der Waals surface area contributed by atoms with Crippen molar-refractivity contribution in [3.63, 3.8) is 0 Å². The van der Waals surface area contributed by atoms with E-state index in [0.717, 1.165) is 11.8 Å². The molecule has 1 nitrogen and oxygen atoms in total. The fourth-order valence-corrected chi connectivity index (χ4v) is 4.08. The van der Waals surface area contributed by atoms with Gasteiger partial charge in [-0.25, -0.2) is 0 Å². The molecule has 1 saturated heterocycles. The van der Waals surface area contributed by atoms with Crippen LogP contribution in [-0.2, 0) is 4.74 Å². The third kappa shape index (κ3) is 1.48. The molecule has 0 aromatic rings. The maximum atomic E-state index is 5.86. The molecule has 0 spiro atoms. The minimum atomic E-state index is 0.223. The molecule has 2 aliphatic carbocycles. The molecule has 1 aliphatic heterocycles. The molecule has 0 N–H and O–H groups in total. The molecule has 1 heterocycles. The SMILES string of the molecule is C=C1CC[C@@H]2O[C@@]2(C)CC[C@@H]2[C@H]1CC2(C)C. The van der Waals surface area contributed by atoms with Gasteiger partial charge in [-0.15, -0.1) is 0 Å². The van der Waals surface area contributed by atoms with Crippen LogP contribution in [0.5, 0.6) is 0 Å². The van der Waals surface area contributed by atoms with Crippen LogP contribution in [0.25, 0.3) is 0 Å². The van der Waals surface area contributed by atoms with E-state index in [0.29, 0.717) is 11.5 Å². The van der Waals surface area contributed by atoms with Crippen molar-refractivity contribution in [1.82, 2.24) is 0 Å². The van der Waals surface area contributed by atoms with Crippen LogP contribution in [0, 0.1) is 17.3 Å². The van der Waals surface area contributed by atoms with Crippen molar-refractivity contribution < 1.29 is 4.74 Å². The predicted molar refractivity (Wildman–Crippen MR) is 66.3 cm³/mol. The van der Waals surface area contributed by atoms with Gasteiger partial charge in [0.25, 0.3) is 0 Å². The summed E-state index contributed by atoms with van der Waals surface area (Å²) >= 11 is 0. The zero-order chi connectivity index (χ0) is 11.6. The highest BCUT2D eigenvalue weighted by atomic mass is 16.6. The van der Waals surface area contributed by atoms with Gasteiger partial charge in [-0.2, -0.15) is 0 Å². The molecule has 0 radical (unpaired) electrons.